The van der Waals surface area contributed by atoms with E-state index in [1.807, 2.05) is 20.0 Å². The molecule has 6 nitrogen and oxygen atoms in total. The van der Waals surface area contributed by atoms with Crippen molar-refractivity contribution < 1.29 is 9.53 Å². The van der Waals surface area contributed by atoms with Crippen LogP contribution in [0.4, 0.5) is 5.69 Å². The van der Waals surface area contributed by atoms with Crippen LogP contribution in [-0.2, 0) is 16.0 Å². The Hall–Kier alpha value is -2.73. The van der Waals surface area contributed by atoms with E-state index in [1.165, 1.54) is 5.69 Å². The Labute approximate surface area is 164 Å². The van der Waals surface area contributed by atoms with Crippen molar-refractivity contribution >= 4 is 22.6 Å². The molecule has 0 bridgehead atoms. The summed E-state index contributed by atoms with van der Waals surface area (Å²) in [5.74, 6) is 0.171. The number of anilines is 1. The number of aromatic nitrogens is 3. The zero-order valence-corrected chi connectivity index (χ0v) is 16.7. The van der Waals surface area contributed by atoms with E-state index in [1.54, 1.807) is 13.1 Å². The second-order valence-corrected chi connectivity index (χ2v) is 8.03. The predicted octanol–water partition coefficient (Wildman–Crippen LogP) is 3.62. The van der Waals surface area contributed by atoms with Crippen LogP contribution in [0.5, 0.6) is 0 Å². The Bertz CT molecular complexity index is 1000. The number of carbonyl (C=O) groups excluding carboxylic acids is 1. The Kier molecular flexibility index (Phi) is 4.89. The third-order valence-corrected chi connectivity index (χ3v) is 5.56. The number of nitrogens with zero attached hydrogens (tertiary/aromatic N) is 3. The van der Waals surface area contributed by atoms with Gasteiger partial charge >= 0.3 is 0 Å². The number of benzene rings is 1. The molecule has 1 aromatic carbocycles. The summed E-state index contributed by atoms with van der Waals surface area (Å²) in [6.07, 6.45) is 4.36. The molecule has 2 aromatic heterocycles. The number of carbonyl (C=O) groups is 1. The lowest BCUT2D eigenvalue weighted by atomic mass is 9.83. The van der Waals surface area contributed by atoms with Crippen LogP contribution in [0.1, 0.15) is 26.3 Å². The first-order valence-electron chi connectivity index (χ1n) is 9.71. The van der Waals surface area contributed by atoms with Gasteiger partial charge in [0.15, 0.2) is 5.65 Å². The van der Waals surface area contributed by atoms with E-state index in [2.05, 4.69) is 39.1 Å². The van der Waals surface area contributed by atoms with E-state index in [4.69, 9.17) is 9.72 Å². The molecule has 0 aliphatic carbocycles. The van der Waals surface area contributed by atoms with E-state index in [0.717, 1.165) is 54.3 Å². The number of nitrogens with one attached hydrogen (secondary N) is 1. The van der Waals surface area contributed by atoms with E-state index >= 15 is 0 Å². The lowest BCUT2D eigenvalue weighted by Crippen LogP contribution is -2.36. The van der Waals surface area contributed by atoms with Crippen LogP contribution in [0, 0.1) is 5.41 Å². The van der Waals surface area contributed by atoms with E-state index in [-0.39, 0.29) is 5.78 Å². The van der Waals surface area contributed by atoms with Crippen LogP contribution in [0.2, 0.25) is 0 Å². The molecule has 4 rings (SSSR count). The minimum absolute atomic E-state index is 0.171. The summed E-state index contributed by atoms with van der Waals surface area (Å²) < 4.78 is 5.45. The van der Waals surface area contributed by atoms with Crippen LogP contribution in [0.25, 0.3) is 22.4 Å². The molecule has 3 aromatic rings. The number of H-pyrrole nitrogens is 1. The summed E-state index contributed by atoms with van der Waals surface area (Å²) in [4.78, 5) is 26.9. The van der Waals surface area contributed by atoms with Crippen molar-refractivity contribution in [3.05, 3.63) is 42.2 Å². The first-order valence-corrected chi connectivity index (χ1v) is 9.71. The number of morpholine rings is 1. The maximum Gasteiger partial charge on any atom is 0.156 e. The average molecular weight is 378 g/mol. The Balaban J connectivity index is 1.68. The van der Waals surface area contributed by atoms with Gasteiger partial charge in [0.05, 0.1) is 25.1 Å². The molecule has 1 saturated heterocycles. The summed E-state index contributed by atoms with van der Waals surface area (Å²) in [5, 5.41) is 0. The first-order chi connectivity index (χ1) is 13.4. The molecule has 1 aliphatic heterocycles. The molecule has 1 N–H and O–H groups in total. The van der Waals surface area contributed by atoms with Crippen molar-refractivity contribution in [1.29, 1.82) is 0 Å². The fraction of sp³-hybridized carbons (Fsp3) is 0.409. The minimum atomic E-state index is -0.428. The van der Waals surface area contributed by atoms with Gasteiger partial charge in [-0.15, -0.1) is 0 Å². The molecule has 28 heavy (non-hydrogen) atoms. The molecule has 0 radical (unpaired) electrons. The number of rotatable bonds is 5. The number of aromatic amines is 1. The summed E-state index contributed by atoms with van der Waals surface area (Å²) in [5.41, 5.74) is 5.23. The molecule has 3 heterocycles. The van der Waals surface area contributed by atoms with Crippen molar-refractivity contribution in [2.75, 3.05) is 31.2 Å². The first kappa shape index (κ1) is 18.6. The summed E-state index contributed by atoms with van der Waals surface area (Å²) >= 11 is 0. The molecule has 0 amide bonds. The molecule has 0 unspecified atom stereocenters. The van der Waals surface area contributed by atoms with Crippen molar-refractivity contribution in [3.8, 4) is 11.3 Å². The number of ether oxygens (including phenoxy) is 1. The second-order valence-electron chi connectivity index (χ2n) is 8.03. The Morgan fingerprint density at radius 3 is 2.82 bits per heavy atom. The third kappa shape index (κ3) is 3.64. The fourth-order valence-electron chi connectivity index (χ4n) is 3.50. The van der Waals surface area contributed by atoms with Crippen LogP contribution >= 0.6 is 0 Å². The van der Waals surface area contributed by atoms with Crippen molar-refractivity contribution in [2.45, 2.75) is 27.2 Å². The molecule has 0 atom stereocenters. The molecule has 1 fully saturated rings. The molecular formula is C22H26N4O2. The maximum atomic E-state index is 11.9. The summed E-state index contributed by atoms with van der Waals surface area (Å²) in [6, 6.07) is 8.40. The van der Waals surface area contributed by atoms with Gasteiger partial charge in [0.25, 0.3) is 0 Å². The topological polar surface area (TPSA) is 71.1 Å². The van der Waals surface area contributed by atoms with Gasteiger partial charge in [0.2, 0.25) is 0 Å². The van der Waals surface area contributed by atoms with Gasteiger partial charge in [-0.2, -0.15) is 0 Å². The number of ketones is 1. The Morgan fingerprint density at radius 1 is 1.29 bits per heavy atom. The average Bonchev–Trinajstić information content (AvgIpc) is 3.10. The SMILES string of the molecule is CC(=O)C(C)(C)Cc1c[nH]c2ncc(-c3cccc(N4CCOCC4)c3)nc12. The van der Waals surface area contributed by atoms with E-state index in [9.17, 15) is 4.79 Å². The predicted molar refractivity (Wildman–Crippen MR) is 111 cm³/mol. The van der Waals surface area contributed by atoms with Gasteiger partial charge in [0.1, 0.15) is 11.3 Å². The standard InChI is InChI=1S/C22H26N4O2/c1-15(27)22(2,3)12-17-13-23-21-20(17)25-19(14-24-21)16-5-4-6-18(11-16)26-7-9-28-10-8-26/h4-6,11,13-14H,7-10,12H2,1-3H3,(H,23,24). The Morgan fingerprint density at radius 2 is 2.07 bits per heavy atom. The lowest BCUT2D eigenvalue weighted by Gasteiger charge is -2.29. The monoisotopic (exact) mass is 378 g/mol. The molecular weight excluding hydrogens is 352 g/mol. The van der Waals surface area contributed by atoms with Gasteiger partial charge < -0.3 is 14.6 Å². The van der Waals surface area contributed by atoms with Crippen molar-refractivity contribution in [1.82, 2.24) is 15.0 Å². The molecule has 146 valence electrons. The second kappa shape index (κ2) is 7.36. The molecule has 0 saturated carbocycles. The van der Waals surface area contributed by atoms with Crippen LogP contribution in [0.15, 0.2) is 36.7 Å². The van der Waals surface area contributed by atoms with Crippen LogP contribution in [0.3, 0.4) is 0 Å². The molecule has 0 spiro atoms. The normalized spacial score (nSPS) is 15.2. The zero-order valence-electron chi connectivity index (χ0n) is 16.7. The zero-order chi connectivity index (χ0) is 19.7. The van der Waals surface area contributed by atoms with Crippen molar-refractivity contribution in [2.24, 2.45) is 5.41 Å². The highest BCUT2D eigenvalue weighted by atomic mass is 16.5. The summed E-state index contributed by atoms with van der Waals surface area (Å²) in [7, 11) is 0. The molecule has 6 heteroatoms. The number of fused-ring (bicyclic) bond motifs is 1. The minimum Gasteiger partial charge on any atom is -0.378 e. The maximum absolute atomic E-state index is 11.9. The molecule has 1 aliphatic rings. The lowest BCUT2D eigenvalue weighted by molar-refractivity contribution is -0.124. The highest BCUT2D eigenvalue weighted by Crippen LogP contribution is 2.29. The smallest absolute Gasteiger partial charge is 0.156 e. The van der Waals surface area contributed by atoms with Crippen LogP contribution < -0.4 is 4.90 Å². The quantitative estimate of drug-likeness (QED) is 0.734. The van der Waals surface area contributed by atoms with Gasteiger partial charge in [-0.3, -0.25) is 4.79 Å². The highest BCUT2D eigenvalue weighted by Gasteiger charge is 2.26. The largest absolute Gasteiger partial charge is 0.378 e. The van der Waals surface area contributed by atoms with E-state index < -0.39 is 5.41 Å². The number of hydrogen-bond donors (Lipinski definition) is 1. The number of hydrogen-bond acceptors (Lipinski definition) is 5. The van der Waals surface area contributed by atoms with Gasteiger partial charge in [0, 0.05) is 36.0 Å². The van der Waals surface area contributed by atoms with E-state index in [0.29, 0.717) is 6.42 Å². The van der Waals surface area contributed by atoms with Crippen molar-refractivity contribution in [3.63, 3.8) is 0 Å². The number of Topliss-reactive ketones (excluding diaryl/α,β-unsaturated/α-hetero) is 1. The van der Waals surface area contributed by atoms with Gasteiger partial charge in [-0.05, 0) is 31.0 Å². The third-order valence-electron chi connectivity index (χ3n) is 5.56. The van der Waals surface area contributed by atoms with Gasteiger partial charge in [-0.1, -0.05) is 26.0 Å². The van der Waals surface area contributed by atoms with Gasteiger partial charge in [-0.25, -0.2) is 9.97 Å². The highest BCUT2D eigenvalue weighted by molar-refractivity contribution is 5.84. The summed E-state index contributed by atoms with van der Waals surface area (Å²) in [6.45, 7) is 8.90. The van der Waals surface area contributed by atoms with Crippen LogP contribution in [-0.4, -0.2) is 47.0 Å². The fourth-order valence-corrected chi connectivity index (χ4v) is 3.50.